The van der Waals surface area contributed by atoms with Gasteiger partial charge in [0, 0.05) is 35.3 Å². The minimum atomic E-state index is -0.176. The number of pyridine rings is 1. The summed E-state index contributed by atoms with van der Waals surface area (Å²) < 4.78 is 0. The van der Waals surface area contributed by atoms with Crippen molar-refractivity contribution >= 4 is 27.7 Å². The van der Waals surface area contributed by atoms with Crippen LogP contribution < -0.4 is 5.32 Å². The van der Waals surface area contributed by atoms with Gasteiger partial charge in [0.25, 0.3) is 5.91 Å². The molecule has 6 nitrogen and oxygen atoms in total. The molecule has 0 spiro atoms. The number of aromatic nitrogens is 4. The Morgan fingerprint density at radius 3 is 2.61 bits per heavy atom. The second-order valence-corrected chi connectivity index (χ2v) is 6.63. The highest BCUT2D eigenvalue weighted by Gasteiger charge is 2.14. The molecule has 0 aliphatic rings. The highest BCUT2D eigenvalue weighted by molar-refractivity contribution is 6.05. The number of H-pyrrole nitrogens is 2. The van der Waals surface area contributed by atoms with Crippen LogP contribution in [0.15, 0.2) is 73.1 Å². The molecule has 3 heterocycles. The Bertz CT molecular complexity index is 1270. The average Bonchev–Trinajstić information content (AvgIpc) is 3.35. The van der Waals surface area contributed by atoms with Crippen molar-refractivity contribution in [1.29, 1.82) is 0 Å². The van der Waals surface area contributed by atoms with Gasteiger partial charge >= 0.3 is 0 Å². The summed E-state index contributed by atoms with van der Waals surface area (Å²) in [6.07, 6.45) is 3.53. The summed E-state index contributed by atoms with van der Waals surface area (Å²) in [5.74, 6) is -0.176. The van der Waals surface area contributed by atoms with Crippen LogP contribution in [0.5, 0.6) is 0 Å². The summed E-state index contributed by atoms with van der Waals surface area (Å²) in [6, 6.07) is 19.6. The van der Waals surface area contributed by atoms with Crippen LogP contribution in [-0.4, -0.2) is 26.1 Å². The van der Waals surface area contributed by atoms with Crippen LogP contribution in [0.4, 0.5) is 0 Å². The first-order chi connectivity index (χ1) is 13.8. The molecule has 1 amide bonds. The molecule has 136 valence electrons. The second kappa shape index (κ2) is 6.66. The van der Waals surface area contributed by atoms with Crippen molar-refractivity contribution in [3.8, 4) is 11.3 Å². The zero-order chi connectivity index (χ0) is 18.9. The minimum Gasteiger partial charge on any atom is -0.347 e. The van der Waals surface area contributed by atoms with E-state index in [0.29, 0.717) is 12.2 Å². The maximum atomic E-state index is 12.5. The molecule has 0 atom stereocenters. The van der Waals surface area contributed by atoms with Gasteiger partial charge in [-0.2, -0.15) is 0 Å². The lowest BCUT2D eigenvalue weighted by Gasteiger charge is -2.02. The van der Waals surface area contributed by atoms with Crippen LogP contribution in [0, 0.1) is 0 Å². The third kappa shape index (κ3) is 2.91. The van der Waals surface area contributed by atoms with Gasteiger partial charge in [0.15, 0.2) is 0 Å². The monoisotopic (exact) mass is 367 g/mol. The van der Waals surface area contributed by atoms with Crippen LogP contribution in [0.25, 0.3) is 33.1 Å². The second-order valence-electron chi connectivity index (χ2n) is 6.63. The molecule has 0 saturated carbocycles. The van der Waals surface area contributed by atoms with E-state index in [1.165, 1.54) is 0 Å². The highest BCUT2D eigenvalue weighted by Crippen LogP contribution is 2.29. The van der Waals surface area contributed by atoms with Crippen molar-refractivity contribution < 1.29 is 4.79 Å². The number of carbonyl (C=O) groups is 1. The number of amides is 1. The maximum absolute atomic E-state index is 12.5. The van der Waals surface area contributed by atoms with Gasteiger partial charge in [0.2, 0.25) is 0 Å². The number of rotatable bonds is 4. The van der Waals surface area contributed by atoms with Crippen molar-refractivity contribution in [3.05, 3.63) is 84.3 Å². The van der Waals surface area contributed by atoms with Gasteiger partial charge in [0.1, 0.15) is 5.69 Å². The first kappa shape index (κ1) is 16.3. The van der Waals surface area contributed by atoms with Crippen LogP contribution in [0.1, 0.15) is 16.1 Å². The normalized spacial score (nSPS) is 11.1. The smallest absolute Gasteiger partial charge is 0.270 e. The molecule has 2 aromatic carbocycles. The first-order valence-electron chi connectivity index (χ1n) is 9.01. The lowest BCUT2D eigenvalue weighted by atomic mass is 10.1. The Kier molecular flexibility index (Phi) is 3.87. The lowest BCUT2D eigenvalue weighted by Crippen LogP contribution is -2.22. The number of hydrogen-bond acceptors (Lipinski definition) is 3. The third-order valence-corrected chi connectivity index (χ3v) is 4.79. The highest BCUT2D eigenvalue weighted by atomic mass is 16.1. The van der Waals surface area contributed by atoms with Gasteiger partial charge < -0.3 is 10.4 Å². The fourth-order valence-corrected chi connectivity index (χ4v) is 3.37. The molecular formula is C22H17N5O. The Labute approximate surface area is 160 Å². The molecule has 0 unspecified atom stereocenters. The predicted octanol–water partition coefficient (Wildman–Crippen LogP) is 4.04. The Hall–Kier alpha value is -3.93. The predicted molar refractivity (Wildman–Crippen MR) is 109 cm³/mol. The van der Waals surface area contributed by atoms with Crippen molar-refractivity contribution in [1.82, 2.24) is 25.5 Å². The molecular weight excluding hydrogens is 350 g/mol. The number of carbonyl (C=O) groups excluding carboxylic acids is 1. The van der Waals surface area contributed by atoms with Gasteiger partial charge in [-0.25, -0.2) is 4.98 Å². The molecule has 0 aliphatic heterocycles. The summed E-state index contributed by atoms with van der Waals surface area (Å²) in [5.41, 5.74) is 5.23. The Morgan fingerprint density at radius 2 is 1.79 bits per heavy atom. The molecule has 28 heavy (non-hydrogen) atoms. The summed E-state index contributed by atoms with van der Waals surface area (Å²) in [5, 5.41) is 11.3. The van der Waals surface area contributed by atoms with Crippen molar-refractivity contribution in [2.24, 2.45) is 0 Å². The van der Waals surface area contributed by atoms with Crippen molar-refractivity contribution in [2.75, 3.05) is 0 Å². The molecule has 5 rings (SSSR count). The number of fused-ring (bicyclic) bond motifs is 2. The Morgan fingerprint density at radius 1 is 0.964 bits per heavy atom. The van der Waals surface area contributed by atoms with E-state index < -0.39 is 0 Å². The molecule has 0 fully saturated rings. The molecule has 3 N–H and O–H groups in total. The quantitative estimate of drug-likeness (QED) is 0.448. The number of nitrogens with one attached hydrogen (secondary N) is 3. The fourth-order valence-electron chi connectivity index (χ4n) is 3.37. The SMILES string of the molecule is O=C(NCc1ccccc1)c1cc2cc3c(-c4ccncc4)[nH][nH]c3cc2n1. The van der Waals surface area contributed by atoms with Crippen LogP contribution in [0.3, 0.4) is 0 Å². The lowest BCUT2D eigenvalue weighted by molar-refractivity contribution is 0.0947. The molecule has 3 aromatic heterocycles. The zero-order valence-corrected chi connectivity index (χ0v) is 14.9. The minimum absolute atomic E-state index is 0.176. The van der Waals surface area contributed by atoms with Gasteiger partial charge in [-0.05, 0) is 35.9 Å². The van der Waals surface area contributed by atoms with E-state index in [4.69, 9.17) is 0 Å². The number of nitrogens with zero attached hydrogens (tertiary/aromatic N) is 2. The van der Waals surface area contributed by atoms with Gasteiger partial charge in [-0.1, -0.05) is 30.3 Å². The molecule has 0 saturated heterocycles. The standard InChI is InChI=1S/C22H17N5O/c28-22(24-13-14-4-2-1-3-5-14)20-11-16-10-17-19(12-18(16)25-20)26-27-21(17)15-6-8-23-9-7-15/h1-12,26-27H,13H2,(H,24,28). The third-order valence-electron chi connectivity index (χ3n) is 4.79. The Balaban J connectivity index is 1.46. The molecule has 6 heteroatoms. The number of aromatic amines is 2. The van der Waals surface area contributed by atoms with Crippen molar-refractivity contribution in [3.63, 3.8) is 0 Å². The summed E-state index contributed by atoms with van der Waals surface area (Å²) in [7, 11) is 0. The summed E-state index contributed by atoms with van der Waals surface area (Å²) >= 11 is 0. The van der Waals surface area contributed by atoms with E-state index >= 15 is 0 Å². The summed E-state index contributed by atoms with van der Waals surface area (Å²) in [4.78, 5) is 21.1. The molecule has 5 aromatic rings. The average molecular weight is 367 g/mol. The van der Waals surface area contributed by atoms with Crippen LogP contribution >= 0.6 is 0 Å². The maximum Gasteiger partial charge on any atom is 0.270 e. The van der Waals surface area contributed by atoms with Crippen LogP contribution in [-0.2, 0) is 6.54 Å². The van der Waals surface area contributed by atoms with Gasteiger partial charge in [0.05, 0.1) is 16.7 Å². The van der Waals surface area contributed by atoms with E-state index in [1.807, 2.05) is 54.6 Å². The van der Waals surface area contributed by atoms with Gasteiger partial charge in [-0.15, -0.1) is 0 Å². The molecule has 0 radical (unpaired) electrons. The van der Waals surface area contributed by atoms with Crippen LogP contribution in [0.2, 0.25) is 0 Å². The summed E-state index contributed by atoms with van der Waals surface area (Å²) in [6.45, 7) is 0.477. The zero-order valence-electron chi connectivity index (χ0n) is 14.9. The van der Waals surface area contributed by atoms with E-state index in [-0.39, 0.29) is 5.91 Å². The van der Waals surface area contributed by atoms with E-state index in [1.54, 1.807) is 12.4 Å². The fraction of sp³-hybridized carbons (Fsp3) is 0.0455. The van der Waals surface area contributed by atoms with Gasteiger partial charge in [-0.3, -0.25) is 14.9 Å². The van der Waals surface area contributed by atoms with Crippen molar-refractivity contribution in [2.45, 2.75) is 6.54 Å². The largest absolute Gasteiger partial charge is 0.347 e. The number of benzene rings is 2. The van der Waals surface area contributed by atoms with E-state index in [2.05, 4.69) is 31.5 Å². The van der Waals surface area contributed by atoms with E-state index in [0.717, 1.165) is 38.6 Å². The number of hydrogen-bond donors (Lipinski definition) is 3. The molecule has 0 aliphatic carbocycles. The van der Waals surface area contributed by atoms with E-state index in [9.17, 15) is 4.79 Å². The molecule has 0 bridgehead atoms. The topological polar surface area (TPSA) is 86.5 Å². The first-order valence-corrected chi connectivity index (χ1v) is 9.01.